The third-order valence-electron chi connectivity index (χ3n) is 1.90. The summed E-state index contributed by atoms with van der Waals surface area (Å²) < 4.78 is 1.23. The molecule has 0 aliphatic carbocycles. The van der Waals surface area contributed by atoms with Crippen LogP contribution in [0, 0.1) is 10.1 Å². The van der Waals surface area contributed by atoms with Gasteiger partial charge < -0.3 is 10.1 Å². The molecule has 7 heteroatoms. The molecule has 0 atom stereocenters. The van der Waals surface area contributed by atoms with Gasteiger partial charge in [0.05, 0.1) is 16.9 Å². The summed E-state index contributed by atoms with van der Waals surface area (Å²) in [6.45, 7) is 2.63. The number of nitro groups is 1. The van der Waals surface area contributed by atoms with Crippen LogP contribution in [0.4, 0.5) is 5.95 Å². The van der Waals surface area contributed by atoms with Crippen molar-refractivity contribution >= 4 is 5.95 Å². The predicted octanol–water partition coefficient (Wildman–Crippen LogP) is 1.16. The predicted molar refractivity (Wildman–Crippen MR) is 48.6 cm³/mol. The smallest absolute Gasteiger partial charge is 0.390 e. The first-order valence-electron chi connectivity index (χ1n) is 4.66. The second-order valence-corrected chi connectivity index (χ2v) is 3.02. The number of aromatic nitrogens is 4. The van der Waals surface area contributed by atoms with E-state index in [4.69, 9.17) is 0 Å². The van der Waals surface area contributed by atoms with E-state index in [2.05, 4.69) is 22.4 Å². The maximum atomic E-state index is 10.4. The van der Waals surface area contributed by atoms with Gasteiger partial charge in [0.25, 0.3) is 0 Å². The number of tetrazole rings is 1. The summed E-state index contributed by atoms with van der Waals surface area (Å²) in [5.74, 6) is -0.276. The Kier molecular flexibility index (Phi) is 3.96. The molecule has 1 rings (SSSR count). The second-order valence-electron chi connectivity index (χ2n) is 3.02. The molecule has 1 heterocycles. The van der Waals surface area contributed by atoms with Gasteiger partial charge in [0, 0.05) is 5.21 Å². The van der Waals surface area contributed by atoms with E-state index in [1.807, 2.05) is 0 Å². The fraction of sp³-hybridized carbons (Fsp3) is 0.857. The Morgan fingerprint density at radius 2 is 2.21 bits per heavy atom. The van der Waals surface area contributed by atoms with Crippen LogP contribution in [0.15, 0.2) is 0 Å². The van der Waals surface area contributed by atoms with E-state index in [0.717, 1.165) is 25.7 Å². The highest BCUT2D eigenvalue weighted by molar-refractivity contribution is 4.96. The zero-order valence-corrected chi connectivity index (χ0v) is 8.09. The lowest BCUT2D eigenvalue weighted by Crippen LogP contribution is -2.05. The van der Waals surface area contributed by atoms with Gasteiger partial charge in [-0.2, -0.15) is 0 Å². The zero-order chi connectivity index (χ0) is 10.4. The topological polar surface area (TPSA) is 86.7 Å². The Balaban J connectivity index is 2.42. The first kappa shape index (κ1) is 10.6. The van der Waals surface area contributed by atoms with Crippen molar-refractivity contribution in [3.63, 3.8) is 0 Å². The van der Waals surface area contributed by atoms with Crippen LogP contribution in [0.1, 0.15) is 32.6 Å². The van der Waals surface area contributed by atoms with Crippen LogP contribution in [0.2, 0.25) is 0 Å². The maximum absolute atomic E-state index is 10.4. The van der Waals surface area contributed by atoms with Crippen LogP contribution in [0.25, 0.3) is 0 Å². The third-order valence-corrected chi connectivity index (χ3v) is 1.90. The molecule has 0 aliphatic rings. The molecule has 0 spiro atoms. The van der Waals surface area contributed by atoms with Gasteiger partial charge >= 0.3 is 5.95 Å². The van der Waals surface area contributed by atoms with Gasteiger partial charge in [0.15, 0.2) is 0 Å². The van der Waals surface area contributed by atoms with E-state index < -0.39 is 4.92 Å². The molecule has 7 nitrogen and oxygen atoms in total. The Morgan fingerprint density at radius 1 is 1.43 bits per heavy atom. The molecule has 0 unspecified atom stereocenters. The van der Waals surface area contributed by atoms with E-state index >= 15 is 0 Å². The lowest BCUT2D eigenvalue weighted by molar-refractivity contribution is -0.397. The normalized spacial score (nSPS) is 10.4. The van der Waals surface area contributed by atoms with E-state index in [0.29, 0.717) is 6.54 Å². The fourth-order valence-electron chi connectivity index (χ4n) is 1.16. The van der Waals surface area contributed by atoms with Gasteiger partial charge in [0.2, 0.25) is 0 Å². The number of rotatable bonds is 6. The summed E-state index contributed by atoms with van der Waals surface area (Å²) in [6.07, 6.45) is 4.20. The zero-order valence-electron chi connectivity index (χ0n) is 8.09. The highest BCUT2D eigenvalue weighted by Gasteiger charge is 2.16. The quantitative estimate of drug-likeness (QED) is 0.389. The molecule has 0 aromatic carbocycles. The number of unbranched alkanes of at least 4 members (excludes halogenated alkanes) is 3. The van der Waals surface area contributed by atoms with Crippen molar-refractivity contribution in [1.82, 2.24) is 20.2 Å². The molecular formula is C7H13N5O2. The van der Waals surface area contributed by atoms with Gasteiger partial charge in [-0.25, -0.2) is 0 Å². The van der Waals surface area contributed by atoms with Gasteiger partial charge in [-0.1, -0.05) is 26.2 Å². The van der Waals surface area contributed by atoms with Crippen LogP contribution in [0.3, 0.4) is 0 Å². The average Bonchev–Trinajstić information content (AvgIpc) is 2.60. The number of aryl methyl sites for hydroxylation is 1. The summed E-state index contributed by atoms with van der Waals surface area (Å²) in [7, 11) is 0. The number of hydrogen-bond donors (Lipinski definition) is 0. The SMILES string of the molecule is CCCCCCn1nnnc1[N+](=O)[O-]. The second kappa shape index (κ2) is 5.25. The lowest BCUT2D eigenvalue weighted by Gasteiger charge is -1.97. The van der Waals surface area contributed by atoms with Gasteiger partial charge in [0.1, 0.15) is 0 Å². The molecule has 14 heavy (non-hydrogen) atoms. The van der Waals surface area contributed by atoms with Crippen LogP contribution in [-0.4, -0.2) is 25.1 Å². The Morgan fingerprint density at radius 3 is 2.86 bits per heavy atom. The van der Waals surface area contributed by atoms with Crippen molar-refractivity contribution in [1.29, 1.82) is 0 Å². The largest absolute Gasteiger partial charge is 0.479 e. The Bertz CT molecular complexity index is 298. The summed E-state index contributed by atoms with van der Waals surface area (Å²) >= 11 is 0. The average molecular weight is 199 g/mol. The minimum absolute atomic E-state index is 0.276. The van der Waals surface area contributed by atoms with E-state index in [-0.39, 0.29) is 5.95 Å². The minimum atomic E-state index is -0.570. The van der Waals surface area contributed by atoms with Crippen molar-refractivity contribution < 1.29 is 4.92 Å². The minimum Gasteiger partial charge on any atom is -0.390 e. The van der Waals surface area contributed by atoms with Crippen LogP contribution < -0.4 is 0 Å². The van der Waals surface area contributed by atoms with Gasteiger partial charge in [-0.05, 0) is 11.3 Å². The monoisotopic (exact) mass is 199 g/mol. The van der Waals surface area contributed by atoms with E-state index in [9.17, 15) is 10.1 Å². The molecule has 0 bridgehead atoms. The van der Waals surface area contributed by atoms with Crippen molar-refractivity contribution in [2.24, 2.45) is 0 Å². The molecular weight excluding hydrogens is 186 g/mol. The van der Waals surface area contributed by atoms with Gasteiger partial charge in [-0.3, -0.25) is 0 Å². The fourth-order valence-corrected chi connectivity index (χ4v) is 1.16. The van der Waals surface area contributed by atoms with Crippen molar-refractivity contribution in [2.75, 3.05) is 0 Å². The Labute approximate surface area is 81.3 Å². The van der Waals surface area contributed by atoms with Crippen molar-refractivity contribution in [2.45, 2.75) is 39.2 Å². The first-order chi connectivity index (χ1) is 6.75. The molecule has 0 amide bonds. The molecule has 0 aliphatic heterocycles. The molecule has 1 aromatic rings. The highest BCUT2D eigenvalue weighted by atomic mass is 16.6. The van der Waals surface area contributed by atoms with Crippen LogP contribution in [0.5, 0.6) is 0 Å². The molecule has 0 radical (unpaired) electrons. The van der Waals surface area contributed by atoms with Gasteiger partial charge in [-0.15, -0.1) is 4.68 Å². The molecule has 1 aromatic heterocycles. The number of hydrogen-bond acceptors (Lipinski definition) is 5. The maximum Gasteiger partial charge on any atom is 0.479 e. The van der Waals surface area contributed by atoms with Crippen molar-refractivity contribution in [3.05, 3.63) is 10.1 Å². The van der Waals surface area contributed by atoms with Crippen LogP contribution in [-0.2, 0) is 6.54 Å². The van der Waals surface area contributed by atoms with E-state index in [1.54, 1.807) is 0 Å². The third kappa shape index (κ3) is 2.75. The molecule has 0 fully saturated rings. The Hall–Kier alpha value is -1.53. The highest BCUT2D eigenvalue weighted by Crippen LogP contribution is 2.06. The first-order valence-corrected chi connectivity index (χ1v) is 4.66. The molecule has 0 saturated heterocycles. The molecule has 0 saturated carbocycles. The van der Waals surface area contributed by atoms with E-state index in [1.165, 1.54) is 4.68 Å². The van der Waals surface area contributed by atoms with Crippen molar-refractivity contribution in [3.8, 4) is 0 Å². The standard InChI is InChI=1S/C7H13N5O2/c1-2-3-4-5-6-11-7(12(13)14)8-9-10-11/h2-6H2,1H3. The summed E-state index contributed by atoms with van der Waals surface area (Å²) in [4.78, 5) is 9.84. The summed E-state index contributed by atoms with van der Waals surface area (Å²) in [6, 6.07) is 0. The lowest BCUT2D eigenvalue weighted by atomic mass is 10.2. The molecule has 0 N–H and O–H groups in total. The summed E-state index contributed by atoms with van der Waals surface area (Å²) in [5, 5.41) is 20.5. The molecule has 78 valence electrons. The number of nitrogens with zero attached hydrogens (tertiary/aromatic N) is 5. The van der Waals surface area contributed by atoms with Crippen LogP contribution >= 0.6 is 0 Å². The summed E-state index contributed by atoms with van der Waals surface area (Å²) in [5.41, 5.74) is 0.